The van der Waals surface area contributed by atoms with Crippen LogP contribution in [0.4, 0.5) is 0 Å². The summed E-state index contributed by atoms with van der Waals surface area (Å²) < 4.78 is 4.95. The number of nitrogens with zero attached hydrogens (tertiary/aromatic N) is 5. The Morgan fingerprint density at radius 3 is 1.63 bits per heavy atom. The summed E-state index contributed by atoms with van der Waals surface area (Å²) in [6.45, 7) is 0. The van der Waals surface area contributed by atoms with Crippen molar-refractivity contribution in [2.75, 3.05) is 0 Å². The summed E-state index contributed by atoms with van der Waals surface area (Å²) >= 11 is 0. The fraction of sp³-hybridized carbons (Fsp3) is 0.0426. The van der Waals surface area contributed by atoms with Crippen molar-refractivity contribution in [3.8, 4) is 45.5 Å². The molecule has 11 rings (SSSR count). The van der Waals surface area contributed by atoms with Crippen LogP contribution in [0.3, 0.4) is 0 Å². The Balaban J connectivity index is 1.22. The average molecular weight is 666 g/mol. The Labute approximate surface area is 300 Å². The minimum atomic E-state index is 0.639. The van der Waals surface area contributed by atoms with Gasteiger partial charge in [-0.15, -0.1) is 0 Å². The highest BCUT2D eigenvalue weighted by Crippen LogP contribution is 2.46. The van der Waals surface area contributed by atoms with E-state index in [4.69, 9.17) is 15.0 Å². The van der Waals surface area contributed by atoms with Crippen molar-refractivity contribution in [3.63, 3.8) is 0 Å². The third kappa shape index (κ3) is 4.32. The van der Waals surface area contributed by atoms with Crippen molar-refractivity contribution in [1.29, 1.82) is 0 Å². The van der Waals surface area contributed by atoms with Crippen molar-refractivity contribution in [3.05, 3.63) is 175 Å². The molecule has 244 valence electrons. The number of hydrogen-bond acceptors (Lipinski definition) is 3. The Bertz CT molecular complexity index is 2940. The minimum Gasteiger partial charge on any atom is -0.307 e. The van der Waals surface area contributed by atoms with Gasteiger partial charge >= 0.3 is 0 Å². The summed E-state index contributed by atoms with van der Waals surface area (Å²) in [5.41, 5.74) is 12.8. The topological polar surface area (TPSA) is 48.5 Å². The molecule has 0 saturated carbocycles. The molecule has 0 atom stereocenters. The lowest BCUT2D eigenvalue weighted by molar-refractivity contribution is 0.971. The Kier molecular flexibility index (Phi) is 6.31. The van der Waals surface area contributed by atoms with E-state index in [9.17, 15) is 0 Å². The van der Waals surface area contributed by atoms with Crippen molar-refractivity contribution >= 4 is 43.6 Å². The predicted molar refractivity (Wildman–Crippen MR) is 212 cm³/mol. The lowest BCUT2D eigenvalue weighted by atomic mass is 9.90. The summed E-state index contributed by atoms with van der Waals surface area (Å²) in [5.74, 6) is 1.94. The van der Waals surface area contributed by atoms with Gasteiger partial charge in [-0.3, -0.25) is 0 Å². The monoisotopic (exact) mass is 665 g/mol. The van der Waals surface area contributed by atoms with Crippen LogP contribution < -0.4 is 0 Å². The Morgan fingerprint density at radius 2 is 0.904 bits per heavy atom. The number of rotatable bonds is 5. The van der Waals surface area contributed by atoms with Crippen LogP contribution >= 0.6 is 0 Å². The summed E-state index contributed by atoms with van der Waals surface area (Å²) in [5, 5.41) is 5.26. The van der Waals surface area contributed by atoms with Crippen molar-refractivity contribution in [1.82, 2.24) is 24.1 Å². The quantitative estimate of drug-likeness (QED) is 0.184. The summed E-state index contributed by atoms with van der Waals surface area (Å²) in [6.07, 6.45) is 2.07. The van der Waals surface area contributed by atoms with Gasteiger partial charge in [0.05, 0.1) is 22.1 Å². The molecule has 0 fully saturated rings. The van der Waals surface area contributed by atoms with Crippen LogP contribution in [-0.2, 0) is 12.8 Å². The van der Waals surface area contributed by atoms with E-state index in [2.05, 4.69) is 112 Å². The van der Waals surface area contributed by atoms with Crippen LogP contribution in [0.1, 0.15) is 11.1 Å². The van der Waals surface area contributed by atoms with Crippen LogP contribution in [0.15, 0.2) is 164 Å². The van der Waals surface area contributed by atoms with Gasteiger partial charge < -0.3 is 9.13 Å². The number of hydrogen-bond donors (Lipinski definition) is 0. The molecule has 52 heavy (non-hydrogen) atoms. The minimum absolute atomic E-state index is 0.639. The molecule has 5 nitrogen and oxygen atoms in total. The van der Waals surface area contributed by atoms with E-state index in [1.54, 1.807) is 0 Å². The van der Waals surface area contributed by atoms with Crippen LogP contribution in [0, 0.1) is 0 Å². The van der Waals surface area contributed by atoms with Crippen molar-refractivity contribution in [2.45, 2.75) is 12.8 Å². The highest BCUT2D eigenvalue weighted by molar-refractivity contribution is 6.26. The maximum absolute atomic E-state index is 5.07. The Morgan fingerprint density at radius 1 is 0.365 bits per heavy atom. The van der Waals surface area contributed by atoms with E-state index in [0.717, 1.165) is 40.9 Å². The number of aromatic nitrogens is 5. The fourth-order valence-electron chi connectivity index (χ4n) is 8.35. The molecule has 0 unspecified atom stereocenters. The van der Waals surface area contributed by atoms with Gasteiger partial charge in [-0.2, -0.15) is 0 Å². The van der Waals surface area contributed by atoms with Crippen LogP contribution in [-0.4, -0.2) is 24.1 Å². The molecule has 3 aromatic heterocycles. The molecule has 10 aromatic rings. The lowest BCUT2D eigenvalue weighted by Crippen LogP contribution is -2.02. The standard InChI is InChI=1S/C47H31N5/c1-4-14-31(15-5-1)45-48-46(32-16-6-2-7-17-32)50-47(49-45)34-19-12-22-36(28-34)52-39-24-11-10-23-37(39)38-29-33-27-26-30-18-13-25-40-41(30)42(33)44(43(38)52)51(40)35-20-8-3-9-21-35/h1-25,28-29H,26-27H2. The van der Waals surface area contributed by atoms with Crippen LogP contribution in [0.25, 0.3) is 89.2 Å². The molecule has 0 radical (unpaired) electrons. The highest BCUT2D eigenvalue weighted by Gasteiger charge is 2.27. The lowest BCUT2D eigenvalue weighted by Gasteiger charge is -2.16. The van der Waals surface area contributed by atoms with Gasteiger partial charge in [0.25, 0.3) is 0 Å². The zero-order valence-electron chi connectivity index (χ0n) is 28.2. The van der Waals surface area contributed by atoms with Crippen molar-refractivity contribution < 1.29 is 0 Å². The zero-order valence-corrected chi connectivity index (χ0v) is 28.2. The van der Waals surface area contributed by atoms with E-state index in [0.29, 0.717) is 17.5 Å². The van der Waals surface area contributed by atoms with E-state index in [1.807, 2.05) is 60.7 Å². The van der Waals surface area contributed by atoms with Gasteiger partial charge in [-0.05, 0) is 66.4 Å². The third-order valence-electron chi connectivity index (χ3n) is 10.6. The third-order valence-corrected chi connectivity index (χ3v) is 10.6. The summed E-state index contributed by atoms with van der Waals surface area (Å²) in [6, 6.07) is 57.9. The first kappa shape index (κ1) is 28.9. The SMILES string of the molecule is c1ccc(-c2nc(-c3ccccc3)nc(-c3cccc(-n4c5ccccc5c5cc6c7c8c(cccc8n(-c8ccccc8)c7c54)CC6)c3)n2)cc1. The number of aryl methyl sites for hydroxylation is 2. The maximum Gasteiger partial charge on any atom is 0.164 e. The molecule has 5 heteroatoms. The number of para-hydroxylation sites is 2. The molecule has 0 aliphatic heterocycles. The predicted octanol–water partition coefficient (Wildman–Crippen LogP) is 11.2. The first-order valence-electron chi connectivity index (χ1n) is 17.8. The van der Waals surface area contributed by atoms with E-state index in [-0.39, 0.29) is 0 Å². The second kappa shape index (κ2) is 11.3. The van der Waals surface area contributed by atoms with Gasteiger partial charge in [-0.25, -0.2) is 15.0 Å². The fourth-order valence-corrected chi connectivity index (χ4v) is 8.35. The maximum atomic E-state index is 5.07. The highest BCUT2D eigenvalue weighted by atomic mass is 15.1. The molecular weight excluding hydrogens is 635 g/mol. The normalized spacial score (nSPS) is 12.5. The summed E-state index contributed by atoms with van der Waals surface area (Å²) in [4.78, 5) is 15.1. The largest absolute Gasteiger partial charge is 0.307 e. The molecule has 0 N–H and O–H groups in total. The molecule has 1 aliphatic rings. The second-order valence-corrected chi connectivity index (χ2v) is 13.6. The van der Waals surface area contributed by atoms with E-state index < -0.39 is 0 Å². The number of fused-ring (bicyclic) bond motifs is 4. The van der Waals surface area contributed by atoms with Crippen molar-refractivity contribution in [2.24, 2.45) is 0 Å². The molecule has 0 bridgehead atoms. The number of benzene rings is 7. The molecule has 0 amide bonds. The molecule has 7 aromatic carbocycles. The first-order chi connectivity index (χ1) is 25.8. The zero-order chi connectivity index (χ0) is 34.2. The molecule has 0 spiro atoms. The molecule has 3 heterocycles. The van der Waals surface area contributed by atoms with Gasteiger partial charge in [-0.1, -0.05) is 121 Å². The first-order valence-corrected chi connectivity index (χ1v) is 17.8. The van der Waals surface area contributed by atoms with Gasteiger partial charge in [0.1, 0.15) is 0 Å². The molecular formula is C47H31N5. The van der Waals surface area contributed by atoms with Gasteiger partial charge in [0, 0.05) is 49.6 Å². The second-order valence-electron chi connectivity index (χ2n) is 13.6. The van der Waals surface area contributed by atoms with E-state index in [1.165, 1.54) is 54.7 Å². The van der Waals surface area contributed by atoms with E-state index >= 15 is 0 Å². The smallest absolute Gasteiger partial charge is 0.164 e. The van der Waals surface area contributed by atoms with Gasteiger partial charge in [0.2, 0.25) is 0 Å². The molecule has 0 saturated heterocycles. The summed E-state index contributed by atoms with van der Waals surface area (Å²) in [7, 11) is 0. The van der Waals surface area contributed by atoms with Crippen LogP contribution in [0.5, 0.6) is 0 Å². The molecule has 1 aliphatic carbocycles. The van der Waals surface area contributed by atoms with Crippen LogP contribution in [0.2, 0.25) is 0 Å². The Hall–Kier alpha value is -6.85. The van der Waals surface area contributed by atoms with Gasteiger partial charge in [0.15, 0.2) is 17.5 Å². The average Bonchev–Trinajstić information content (AvgIpc) is 3.75.